The summed E-state index contributed by atoms with van der Waals surface area (Å²) < 4.78 is 0.993. The van der Waals surface area contributed by atoms with E-state index in [9.17, 15) is 4.79 Å². The fraction of sp³-hybridized carbons (Fsp3) is 0.364. The van der Waals surface area contributed by atoms with Gasteiger partial charge in [-0.1, -0.05) is 15.9 Å². The van der Waals surface area contributed by atoms with Gasteiger partial charge in [0.2, 0.25) is 5.91 Å². The number of rotatable bonds is 6. The van der Waals surface area contributed by atoms with E-state index in [0.29, 0.717) is 0 Å². The molecule has 0 aliphatic heterocycles. The third-order valence-electron chi connectivity index (χ3n) is 1.99. The van der Waals surface area contributed by atoms with Crippen molar-refractivity contribution in [2.24, 2.45) is 0 Å². The lowest BCUT2D eigenvalue weighted by atomic mass is 10.3. The predicted molar refractivity (Wildman–Crippen MR) is 71.0 cm³/mol. The normalized spacial score (nSPS) is 10.6. The molecule has 0 aliphatic rings. The molecule has 1 aromatic rings. The number of amides is 1. The number of hydrogen-bond donors (Lipinski definition) is 3. The molecule has 0 heterocycles. The summed E-state index contributed by atoms with van der Waals surface area (Å²) in [5.74, 6) is 0.0593. The second-order valence-electron chi connectivity index (χ2n) is 3.37. The molecule has 17 heavy (non-hydrogen) atoms. The number of aliphatic hydroxyl groups is 2. The number of halogens is 1. The lowest BCUT2D eigenvalue weighted by Gasteiger charge is -2.12. The van der Waals surface area contributed by atoms with Gasteiger partial charge in [0.25, 0.3) is 0 Å². The van der Waals surface area contributed by atoms with E-state index in [2.05, 4.69) is 21.2 Å². The third kappa shape index (κ3) is 5.54. The molecule has 0 saturated carbocycles. The Bertz CT molecular complexity index is 354. The van der Waals surface area contributed by atoms with Gasteiger partial charge in [0, 0.05) is 9.37 Å². The van der Waals surface area contributed by atoms with Gasteiger partial charge in [-0.25, -0.2) is 0 Å². The lowest BCUT2D eigenvalue weighted by Crippen LogP contribution is -2.40. The quantitative estimate of drug-likeness (QED) is 0.684. The Kier molecular flexibility index (Phi) is 6.57. The first-order chi connectivity index (χ1) is 8.15. The van der Waals surface area contributed by atoms with Crippen LogP contribution in [0.1, 0.15) is 0 Å². The zero-order chi connectivity index (χ0) is 12.7. The molecule has 1 aromatic carbocycles. The van der Waals surface area contributed by atoms with Crippen molar-refractivity contribution in [3.05, 3.63) is 28.7 Å². The fourth-order valence-electron chi connectivity index (χ4n) is 1.10. The standard InChI is InChI=1S/C11H14BrNO3S/c12-8-1-3-10(4-2-8)17-7-11(16)13-9(5-14)6-15/h1-4,9,14-15H,5-7H2,(H,13,16). The zero-order valence-electron chi connectivity index (χ0n) is 9.10. The topological polar surface area (TPSA) is 69.6 Å². The number of nitrogens with one attached hydrogen (secondary N) is 1. The molecule has 94 valence electrons. The van der Waals surface area contributed by atoms with Gasteiger partial charge < -0.3 is 15.5 Å². The summed E-state index contributed by atoms with van der Waals surface area (Å²) in [4.78, 5) is 12.4. The molecular formula is C11H14BrNO3S. The summed E-state index contributed by atoms with van der Waals surface area (Å²) >= 11 is 4.74. The van der Waals surface area contributed by atoms with E-state index >= 15 is 0 Å². The van der Waals surface area contributed by atoms with Crippen molar-refractivity contribution >= 4 is 33.6 Å². The number of thioether (sulfide) groups is 1. The summed E-state index contributed by atoms with van der Waals surface area (Å²) in [6.45, 7) is -0.517. The minimum absolute atomic E-state index is 0.203. The Balaban J connectivity index is 2.35. The molecule has 1 rings (SSSR count). The maximum atomic E-state index is 11.4. The van der Waals surface area contributed by atoms with Gasteiger partial charge in [0.1, 0.15) is 0 Å². The minimum Gasteiger partial charge on any atom is -0.394 e. The number of carbonyl (C=O) groups is 1. The van der Waals surface area contributed by atoms with E-state index in [4.69, 9.17) is 10.2 Å². The Hall–Kier alpha value is -0.560. The van der Waals surface area contributed by atoms with Crippen molar-refractivity contribution < 1.29 is 15.0 Å². The Morgan fingerprint density at radius 3 is 2.41 bits per heavy atom. The highest BCUT2D eigenvalue weighted by Gasteiger charge is 2.09. The molecule has 0 atom stereocenters. The zero-order valence-corrected chi connectivity index (χ0v) is 11.5. The summed E-state index contributed by atoms with van der Waals surface area (Å²) in [7, 11) is 0. The van der Waals surface area contributed by atoms with Crippen LogP contribution in [0.25, 0.3) is 0 Å². The minimum atomic E-state index is -0.576. The molecule has 6 heteroatoms. The number of aliphatic hydroxyl groups excluding tert-OH is 2. The Labute approximate surface area is 113 Å². The average Bonchev–Trinajstić information content (AvgIpc) is 2.35. The Morgan fingerprint density at radius 2 is 1.88 bits per heavy atom. The smallest absolute Gasteiger partial charge is 0.230 e. The number of carbonyl (C=O) groups excluding carboxylic acids is 1. The monoisotopic (exact) mass is 319 g/mol. The van der Waals surface area contributed by atoms with Gasteiger partial charge >= 0.3 is 0 Å². The first kappa shape index (κ1) is 14.5. The van der Waals surface area contributed by atoms with Crippen molar-refractivity contribution in [3.8, 4) is 0 Å². The van der Waals surface area contributed by atoms with Gasteiger partial charge in [-0.05, 0) is 24.3 Å². The SMILES string of the molecule is O=C(CSc1ccc(Br)cc1)NC(CO)CO. The molecule has 0 bridgehead atoms. The van der Waals surface area contributed by atoms with Gasteiger partial charge in [0.15, 0.2) is 0 Å². The summed E-state index contributed by atoms with van der Waals surface area (Å²) in [5, 5.41) is 20.1. The van der Waals surface area contributed by atoms with Gasteiger partial charge in [-0.15, -0.1) is 11.8 Å². The van der Waals surface area contributed by atoms with Gasteiger partial charge in [-0.2, -0.15) is 0 Å². The van der Waals surface area contributed by atoms with Crippen LogP contribution in [-0.2, 0) is 4.79 Å². The molecule has 3 N–H and O–H groups in total. The molecular weight excluding hydrogens is 306 g/mol. The molecule has 0 aliphatic carbocycles. The molecule has 0 fully saturated rings. The van der Waals surface area contributed by atoms with E-state index in [1.807, 2.05) is 24.3 Å². The highest BCUT2D eigenvalue weighted by Crippen LogP contribution is 2.20. The lowest BCUT2D eigenvalue weighted by molar-refractivity contribution is -0.119. The van der Waals surface area contributed by atoms with Crippen LogP contribution in [0.5, 0.6) is 0 Å². The summed E-state index contributed by atoms with van der Waals surface area (Å²) in [6, 6.07) is 7.07. The van der Waals surface area contributed by atoms with E-state index in [1.165, 1.54) is 11.8 Å². The van der Waals surface area contributed by atoms with E-state index in [1.54, 1.807) is 0 Å². The van der Waals surface area contributed by atoms with Crippen LogP contribution in [0.2, 0.25) is 0 Å². The number of benzene rings is 1. The number of hydrogen-bond acceptors (Lipinski definition) is 4. The van der Waals surface area contributed by atoms with E-state index in [-0.39, 0.29) is 24.9 Å². The molecule has 0 spiro atoms. The van der Waals surface area contributed by atoms with Crippen LogP contribution in [0.3, 0.4) is 0 Å². The van der Waals surface area contributed by atoms with Crippen LogP contribution >= 0.6 is 27.7 Å². The van der Waals surface area contributed by atoms with Crippen LogP contribution in [0.15, 0.2) is 33.6 Å². The third-order valence-corrected chi connectivity index (χ3v) is 3.53. The summed E-state index contributed by atoms with van der Waals surface area (Å²) in [6.07, 6.45) is 0. The maximum Gasteiger partial charge on any atom is 0.230 e. The fourth-order valence-corrected chi connectivity index (χ4v) is 2.07. The van der Waals surface area contributed by atoms with E-state index < -0.39 is 6.04 Å². The highest BCUT2D eigenvalue weighted by atomic mass is 79.9. The average molecular weight is 320 g/mol. The van der Waals surface area contributed by atoms with Crippen LogP contribution in [0, 0.1) is 0 Å². The van der Waals surface area contributed by atoms with E-state index in [0.717, 1.165) is 9.37 Å². The largest absolute Gasteiger partial charge is 0.394 e. The van der Waals surface area contributed by atoms with Gasteiger partial charge in [0.05, 0.1) is 25.0 Å². The molecule has 0 radical (unpaired) electrons. The van der Waals surface area contributed by atoms with Crippen LogP contribution in [0.4, 0.5) is 0 Å². The van der Waals surface area contributed by atoms with Crippen molar-refractivity contribution in [2.75, 3.05) is 19.0 Å². The van der Waals surface area contributed by atoms with Crippen LogP contribution < -0.4 is 5.32 Å². The molecule has 0 aromatic heterocycles. The van der Waals surface area contributed by atoms with Crippen LogP contribution in [-0.4, -0.2) is 41.1 Å². The summed E-state index contributed by atoms with van der Waals surface area (Å²) in [5.41, 5.74) is 0. The highest BCUT2D eigenvalue weighted by molar-refractivity contribution is 9.10. The maximum absolute atomic E-state index is 11.4. The molecule has 0 unspecified atom stereocenters. The predicted octanol–water partition coefficient (Wildman–Crippen LogP) is 1.01. The van der Waals surface area contributed by atoms with Crippen molar-refractivity contribution in [2.45, 2.75) is 10.9 Å². The Morgan fingerprint density at radius 1 is 1.29 bits per heavy atom. The van der Waals surface area contributed by atoms with Crippen molar-refractivity contribution in [1.29, 1.82) is 0 Å². The first-order valence-electron chi connectivity index (χ1n) is 5.05. The van der Waals surface area contributed by atoms with Crippen molar-refractivity contribution in [3.63, 3.8) is 0 Å². The molecule has 1 amide bonds. The second-order valence-corrected chi connectivity index (χ2v) is 5.34. The first-order valence-corrected chi connectivity index (χ1v) is 6.83. The second kappa shape index (κ2) is 7.71. The molecule has 0 saturated heterocycles. The van der Waals surface area contributed by atoms with Crippen molar-refractivity contribution in [1.82, 2.24) is 5.32 Å². The molecule has 4 nitrogen and oxygen atoms in total. The van der Waals surface area contributed by atoms with Gasteiger partial charge in [-0.3, -0.25) is 4.79 Å².